The largest absolute Gasteiger partial charge is 0.338 e. The molecule has 0 atom stereocenters. The Bertz CT molecular complexity index is 338. The van der Waals surface area contributed by atoms with Gasteiger partial charge in [-0.2, -0.15) is 0 Å². The molecule has 15 heavy (non-hydrogen) atoms. The number of carbonyl (C=O) groups is 1. The Morgan fingerprint density at radius 1 is 1.47 bits per heavy atom. The van der Waals surface area contributed by atoms with Crippen molar-refractivity contribution in [3.8, 4) is 0 Å². The molecular formula is C12H16BrNO. The van der Waals surface area contributed by atoms with Gasteiger partial charge in [0.2, 0.25) is 0 Å². The molecule has 1 aromatic carbocycles. The Kier molecular flexibility index (Phi) is 4.82. The summed E-state index contributed by atoms with van der Waals surface area (Å²) in [5.74, 6) is 0.112. The van der Waals surface area contributed by atoms with Gasteiger partial charge in [-0.25, -0.2) is 0 Å². The first kappa shape index (κ1) is 12.2. The lowest BCUT2D eigenvalue weighted by Crippen LogP contribution is -2.32. The van der Waals surface area contributed by atoms with Crippen LogP contribution >= 0.6 is 15.9 Å². The highest BCUT2D eigenvalue weighted by Crippen LogP contribution is 2.08. The summed E-state index contributed by atoms with van der Waals surface area (Å²) in [6, 6.07) is 7.72. The minimum absolute atomic E-state index is 0.112. The number of halogens is 1. The second-order valence-electron chi connectivity index (χ2n) is 3.44. The maximum Gasteiger partial charge on any atom is 0.253 e. The first-order valence-corrected chi connectivity index (χ1v) is 6.23. The lowest BCUT2D eigenvalue weighted by Gasteiger charge is -2.19. The van der Waals surface area contributed by atoms with E-state index in [9.17, 15) is 4.79 Å². The number of carbonyl (C=O) groups excluding carboxylic acids is 1. The molecule has 0 saturated carbocycles. The molecule has 3 heteroatoms. The van der Waals surface area contributed by atoms with Gasteiger partial charge in [0.05, 0.1) is 0 Å². The van der Waals surface area contributed by atoms with Crippen molar-refractivity contribution in [3.05, 3.63) is 35.4 Å². The topological polar surface area (TPSA) is 20.3 Å². The SMILES string of the molecule is CCN(CCBr)C(=O)c1cccc(C)c1. The van der Waals surface area contributed by atoms with Gasteiger partial charge in [-0.05, 0) is 26.0 Å². The van der Waals surface area contributed by atoms with Crippen molar-refractivity contribution in [2.75, 3.05) is 18.4 Å². The molecule has 82 valence electrons. The number of benzene rings is 1. The molecule has 0 aliphatic carbocycles. The lowest BCUT2D eigenvalue weighted by molar-refractivity contribution is 0.0775. The Morgan fingerprint density at radius 3 is 2.73 bits per heavy atom. The van der Waals surface area contributed by atoms with Gasteiger partial charge in [0, 0.05) is 24.0 Å². The van der Waals surface area contributed by atoms with Crippen molar-refractivity contribution in [2.24, 2.45) is 0 Å². The van der Waals surface area contributed by atoms with Crippen LogP contribution < -0.4 is 0 Å². The molecule has 0 saturated heterocycles. The first-order chi connectivity index (χ1) is 7.19. The van der Waals surface area contributed by atoms with Gasteiger partial charge in [-0.3, -0.25) is 4.79 Å². The van der Waals surface area contributed by atoms with Crippen LogP contribution in [0.15, 0.2) is 24.3 Å². The van der Waals surface area contributed by atoms with Gasteiger partial charge >= 0.3 is 0 Å². The van der Waals surface area contributed by atoms with E-state index in [0.29, 0.717) is 0 Å². The summed E-state index contributed by atoms with van der Waals surface area (Å²) in [4.78, 5) is 13.9. The zero-order valence-corrected chi connectivity index (χ0v) is 10.8. The fraction of sp³-hybridized carbons (Fsp3) is 0.417. The van der Waals surface area contributed by atoms with Crippen LogP contribution in [0.1, 0.15) is 22.8 Å². The van der Waals surface area contributed by atoms with Gasteiger partial charge in [0.1, 0.15) is 0 Å². The molecule has 0 heterocycles. The molecule has 0 aromatic heterocycles. The molecule has 0 N–H and O–H groups in total. The number of hydrogen-bond acceptors (Lipinski definition) is 1. The average molecular weight is 270 g/mol. The number of aryl methyl sites for hydroxylation is 1. The van der Waals surface area contributed by atoms with Crippen LogP contribution in [0.2, 0.25) is 0 Å². The minimum atomic E-state index is 0.112. The third-order valence-corrected chi connectivity index (χ3v) is 2.64. The standard InChI is InChI=1S/C12H16BrNO/c1-3-14(8-7-13)12(15)11-6-4-5-10(2)9-11/h4-6,9H,3,7-8H2,1-2H3. The molecule has 1 amide bonds. The quantitative estimate of drug-likeness (QED) is 0.770. The van der Waals surface area contributed by atoms with E-state index >= 15 is 0 Å². The van der Waals surface area contributed by atoms with Crippen molar-refractivity contribution in [1.29, 1.82) is 0 Å². The van der Waals surface area contributed by atoms with E-state index in [1.807, 2.05) is 43.0 Å². The summed E-state index contributed by atoms with van der Waals surface area (Å²) in [6.45, 7) is 5.50. The summed E-state index contributed by atoms with van der Waals surface area (Å²) in [7, 11) is 0. The molecular weight excluding hydrogens is 254 g/mol. The summed E-state index contributed by atoms with van der Waals surface area (Å²) in [5, 5.41) is 0.818. The van der Waals surface area contributed by atoms with Gasteiger partial charge < -0.3 is 4.90 Å². The van der Waals surface area contributed by atoms with Crippen molar-refractivity contribution in [2.45, 2.75) is 13.8 Å². The molecule has 0 aliphatic heterocycles. The second kappa shape index (κ2) is 5.91. The van der Waals surface area contributed by atoms with Crippen LogP contribution in [0.25, 0.3) is 0 Å². The van der Waals surface area contributed by atoms with Gasteiger partial charge in [-0.15, -0.1) is 0 Å². The first-order valence-electron chi connectivity index (χ1n) is 5.11. The van der Waals surface area contributed by atoms with Crippen molar-refractivity contribution < 1.29 is 4.79 Å². The summed E-state index contributed by atoms with van der Waals surface area (Å²) in [6.07, 6.45) is 0. The van der Waals surface area contributed by atoms with E-state index in [2.05, 4.69) is 15.9 Å². The number of hydrogen-bond donors (Lipinski definition) is 0. The maximum absolute atomic E-state index is 12.0. The zero-order valence-electron chi connectivity index (χ0n) is 9.16. The molecule has 0 aliphatic rings. The monoisotopic (exact) mass is 269 g/mol. The van der Waals surface area contributed by atoms with Gasteiger partial charge in [0.25, 0.3) is 5.91 Å². The highest BCUT2D eigenvalue weighted by atomic mass is 79.9. The fourth-order valence-corrected chi connectivity index (χ4v) is 1.89. The maximum atomic E-state index is 12.0. The number of rotatable bonds is 4. The average Bonchev–Trinajstić information content (AvgIpc) is 2.25. The van der Waals surface area contributed by atoms with Crippen LogP contribution in [0.5, 0.6) is 0 Å². The van der Waals surface area contributed by atoms with E-state index in [0.717, 1.165) is 29.5 Å². The van der Waals surface area contributed by atoms with Crippen LogP contribution in [0.4, 0.5) is 0 Å². The van der Waals surface area contributed by atoms with Crippen molar-refractivity contribution in [1.82, 2.24) is 4.90 Å². The van der Waals surface area contributed by atoms with E-state index in [-0.39, 0.29) is 5.91 Å². The molecule has 0 fully saturated rings. The predicted octanol–water partition coefficient (Wildman–Crippen LogP) is 2.85. The Hall–Kier alpha value is -0.830. The molecule has 2 nitrogen and oxygen atoms in total. The number of amides is 1. The summed E-state index contributed by atoms with van der Waals surface area (Å²) < 4.78 is 0. The van der Waals surface area contributed by atoms with Crippen LogP contribution in [-0.4, -0.2) is 29.2 Å². The summed E-state index contributed by atoms with van der Waals surface area (Å²) >= 11 is 3.35. The van der Waals surface area contributed by atoms with E-state index in [4.69, 9.17) is 0 Å². The number of nitrogens with zero attached hydrogens (tertiary/aromatic N) is 1. The van der Waals surface area contributed by atoms with Crippen molar-refractivity contribution in [3.63, 3.8) is 0 Å². The molecule has 0 bridgehead atoms. The molecule has 0 unspecified atom stereocenters. The third kappa shape index (κ3) is 3.34. The molecule has 0 spiro atoms. The highest BCUT2D eigenvalue weighted by Gasteiger charge is 2.12. The Labute approximate surface area is 99.4 Å². The van der Waals surface area contributed by atoms with Crippen LogP contribution in [-0.2, 0) is 0 Å². The normalized spacial score (nSPS) is 10.1. The zero-order chi connectivity index (χ0) is 11.3. The lowest BCUT2D eigenvalue weighted by atomic mass is 10.1. The molecule has 0 radical (unpaired) electrons. The molecule has 1 aromatic rings. The van der Waals surface area contributed by atoms with E-state index < -0.39 is 0 Å². The van der Waals surface area contributed by atoms with Crippen LogP contribution in [0.3, 0.4) is 0 Å². The van der Waals surface area contributed by atoms with Gasteiger partial charge in [-0.1, -0.05) is 33.6 Å². The number of alkyl halides is 1. The van der Waals surface area contributed by atoms with Crippen LogP contribution in [0, 0.1) is 6.92 Å². The third-order valence-electron chi connectivity index (χ3n) is 2.29. The smallest absolute Gasteiger partial charge is 0.253 e. The fourth-order valence-electron chi connectivity index (χ4n) is 1.47. The highest BCUT2D eigenvalue weighted by molar-refractivity contribution is 9.09. The minimum Gasteiger partial charge on any atom is -0.338 e. The second-order valence-corrected chi connectivity index (χ2v) is 4.24. The van der Waals surface area contributed by atoms with E-state index in [1.165, 1.54) is 0 Å². The predicted molar refractivity (Wildman–Crippen MR) is 66.6 cm³/mol. The Morgan fingerprint density at radius 2 is 2.20 bits per heavy atom. The van der Waals surface area contributed by atoms with Gasteiger partial charge in [0.15, 0.2) is 0 Å². The molecule has 1 rings (SSSR count). The Balaban J connectivity index is 2.82. The van der Waals surface area contributed by atoms with Crippen molar-refractivity contribution >= 4 is 21.8 Å². The summed E-state index contributed by atoms with van der Waals surface area (Å²) in [5.41, 5.74) is 1.90. The van der Waals surface area contributed by atoms with E-state index in [1.54, 1.807) is 0 Å².